The molecule has 0 bridgehead atoms. The van der Waals surface area contributed by atoms with Gasteiger partial charge >= 0.3 is 6.09 Å². The van der Waals surface area contributed by atoms with E-state index in [-0.39, 0.29) is 17.9 Å². The molecule has 11 heteroatoms. The second-order valence-electron chi connectivity index (χ2n) is 7.01. The fraction of sp³-hybridized carbons (Fsp3) is 0.211. The largest absolute Gasteiger partial charge is 0.465 e. The molecule has 9 nitrogen and oxygen atoms in total. The van der Waals surface area contributed by atoms with Crippen molar-refractivity contribution in [3.8, 4) is 0 Å². The van der Waals surface area contributed by atoms with E-state index in [1.54, 1.807) is 18.2 Å². The minimum absolute atomic E-state index is 0.0659. The highest BCUT2D eigenvalue weighted by Crippen LogP contribution is 2.57. The monoisotopic (exact) mass is 450 g/mol. The number of carboxylic acid groups (broad SMARTS) is 1. The summed E-state index contributed by atoms with van der Waals surface area (Å²) in [6.45, 7) is 0. The molecule has 0 saturated carbocycles. The number of fused-ring (bicyclic) bond motifs is 1. The van der Waals surface area contributed by atoms with Crippen molar-refractivity contribution in [1.29, 1.82) is 0 Å². The first-order valence-corrected chi connectivity index (χ1v) is 11.0. The molecule has 1 aromatic heterocycles. The number of hydrogen-bond acceptors (Lipinski definition) is 5. The highest BCUT2D eigenvalue weighted by atomic mass is 35.5. The molecule has 0 aliphatic carbocycles. The Kier molecular flexibility index (Phi) is 5.33. The topological polar surface area (TPSA) is 148 Å². The number of imidazole rings is 1. The van der Waals surface area contributed by atoms with E-state index in [1.165, 1.54) is 0 Å². The number of benzene rings is 2. The molecular weight excluding hydrogens is 432 g/mol. The lowest BCUT2D eigenvalue weighted by molar-refractivity contribution is -0.118. The Balaban J connectivity index is 1.61. The van der Waals surface area contributed by atoms with E-state index < -0.39 is 34.1 Å². The lowest BCUT2D eigenvalue weighted by Gasteiger charge is -2.33. The number of halogens is 1. The summed E-state index contributed by atoms with van der Waals surface area (Å²) in [5, 5.41) is 11.2. The van der Waals surface area contributed by atoms with Crippen LogP contribution in [-0.4, -0.2) is 36.2 Å². The van der Waals surface area contributed by atoms with Crippen molar-refractivity contribution < 1.29 is 23.8 Å². The SMILES string of the molecule is O=C(O)N[C@@H](Cc1ccc(C2CC(=O)NS2(O)O)c(Cl)c1)c1nc2ccccc2[nH]1. The second kappa shape index (κ2) is 7.80. The van der Waals surface area contributed by atoms with Crippen LogP contribution in [0, 0.1) is 0 Å². The summed E-state index contributed by atoms with van der Waals surface area (Å²) >= 11 is 6.38. The second-order valence-corrected chi connectivity index (χ2v) is 9.38. The van der Waals surface area contributed by atoms with Gasteiger partial charge in [0.15, 0.2) is 0 Å². The molecule has 1 aliphatic heterocycles. The fourth-order valence-corrected chi connectivity index (χ4v) is 5.45. The van der Waals surface area contributed by atoms with Crippen LogP contribution in [0.1, 0.15) is 34.7 Å². The third-order valence-electron chi connectivity index (χ3n) is 4.92. The first-order chi connectivity index (χ1) is 14.2. The Bertz CT molecular complexity index is 1100. The molecule has 1 aliphatic rings. The van der Waals surface area contributed by atoms with Crippen molar-refractivity contribution >= 4 is 45.4 Å². The van der Waals surface area contributed by atoms with Crippen LogP contribution in [-0.2, 0) is 11.2 Å². The summed E-state index contributed by atoms with van der Waals surface area (Å²) in [6.07, 6.45) is -0.985. The molecule has 3 aromatic rings. The standard InChI is InChI=1S/C19H19ClN4O5S/c20-12-7-10(5-6-11(12)16-9-17(25)24-30(16,28)29)8-15(23-19(26)27)18-21-13-3-1-2-4-14(13)22-18/h1-7,15-16,23,28-29H,8-9H2,(H,21,22)(H,24,25)(H,26,27)/t15-,16?/m0/s1. The quantitative estimate of drug-likeness (QED) is 0.346. The van der Waals surface area contributed by atoms with Gasteiger partial charge in [-0.3, -0.25) is 18.6 Å². The predicted molar refractivity (Wildman–Crippen MR) is 114 cm³/mol. The van der Waals surface area contributed by atoms with Gasteiger partial charge in [-0.05, 0) is 29.3 Å². The number of aromatic amines is 1. The Morgan fingerprint density at radius 3 is 2.70 bits per heavy atom. The van der Waals surface area contributed by atoms with Gasteiger partial charge in [-0.2, -0.15) is 0 Å². The highest BCUT2D eigenvalue weighted by Gasteiger charge is 2.39. The number of H-pyrrole nitrogens is 1. The number of carbonyl (C=O) groups excluding carboxylic acids is 1. The van der Waals surface area contributed by atoms with Crippen LogP contribution in [0.15, 0.2) is 42.5 Å². The normalized spacial score (nSPS) is 20.0. The molecular formula is C19H19ClN4O5S. The average molecular weight is 451 g/mol. The van der Waals surface area contributed by atoms with Crippen LogP contribution in [0.4, 0.5) is 4.79 Å². The summed E-state index contributed by atoms with van der Waals surface area (Å²) in [5.41, 5.74) is 2.69. The van der Waals surface area contributed by atoms with Gasteiger partial charge in [-0.15, -0.1) is 10.8 Å². The van der Waals surface area contributed by atoms with Gasteiger partial charge in [-0.25, -0.2) is 9.78 Å². The molecule has 0 radical (unpaired) electrons. The van der Waals surface area contributed by atoms with Crippen molar-refractivity contribution in [2.75, 3.05) is 0 Å². The van der Waals surface area contributed by atoms with Gasteiger partial charge in [0.25, 0.3) is 0 Å². The van der Waals surface area contributed by atoms with Gasteiger partial charge in [-0.1, -0.05) is 35.9 Å². The maximum atomic E-state index is 11.6. The zero-order valence-corrected chi connectivity index (χ0v) is 17.1. The molecule has 4 rings (SSSR count). The lowest BCUT2D eigenvalue weighted by Crippen LogP contribution is -2.29. The molecule has 158 valence electrons. The predicted octanol–water partition coefficient (Wildman–Crippen LogP) is 3.99. The maximum Gasteiger partial charge on any atom is 0.405 e. The summed E-state index contributed by atoms with van der Waals surface area (Å²) in [6, 6.07) is 11.7. The Morgan fingerprint density at radius 2 is 2.07 bits per heavy atom. The summed E-state index contributed by atoms with van der Waals surface area (Å²) in [4.78, 5) is 30.5. The molecule has 1 fully saturated rings. The van der Waals surface area contributed by atoms with Gasteiger partial charge in [0.05, 0.1) is 23.5 Å². The third kappa shape index (κ3) is 4.08. The number of para-hydroxylation sites is 2. The van der Waals surface area contributed by atoms with Crippen molar-refractivity contribution in [2.45, 2.75) is 24.1 Å². The maximum absolute atomic E-state index is 11.6. The van der Waals surface area contributed by atoms with E-state index in [2.05, 4.69) is 20.0 Å². The molecule has 2 heterocycles. The number of nitrogens with zero attached hydrogens (tertiary/aromatic N) is 1. The molecule has 2 aromatic carbocycles. The number of carbonyl (C=O) groups is 2. The van der Waals surface area contributed by atoms with Crippen LogP contribution in [0.25, 0.3) is 11.0 Å². The van der Waals surface area contributed by atoms with Crippen molar-refractivity contribution in [3.63, 3.8) is 0 Å². The minimum atomic E-state index is -3.31. The number of rotatable bonds is 5. The van der Waals surface area contributed by atoms with Gasteiger partial charge in [0, 0.05) is 11.4 Å². The van der Waals surface area contributed by atoms with Gasteiger partial charge < -0.3 is 15.4 Å². The fourth-order valence-electron chi connectivity index (χ4n) is 3.55. The number of nitrogens with one attached hydrogen (secondary N) is 3. The van der Waals surface area contributed by atoms with Crippen molar-refractivity contribution in [1.82, 2.24) is 20.0 Å². The molecule has 6 N–H and O–H groups in total. The van der Waals surface area contributed by atoms with Crippen LogP contribution < -0.4 is 10.0 Å². The number of amides is 2. The number of hydrogen-bond donors (Lipinski definition) is 6. The van der Waals surface area contributed by atoms with E-state index in [4.69, 9.17) is 11.6 Å². The van der Waals surface area contributed by atoms with E-state index in [0.29, 0.717) is 11.4 Å². The smallest absolute Gasteiger partial charge is 0.405 e. The minimum Gasteiger partial charge on any atom is -0.465 e. The first kappa shape index (κ1) is 20.5. The Labute approximate surface area is 178 Å². The van der Waals surface area contributed by atoms with Crippen LogP contribution >= 0.6 is 22.4 Å². The van der Waals surface area contributed by atoms with E-state index >= 15 is 0 Å². The van der Waals surface area contributed by atoms with Gasteiger partial charge in [0.1, 0.15) is 11.1 Å². The molecule has 0 spiro atoms. The zero-order chi connectivity index (χ0) is 21.5. The third-order valence-corrected chi connectivity index (χ3v) is 6.99. The Hall–Kier alpha value is -2.79. The van der Waals surface area contributed by atoms with E-state index in [9.17, 15) is 23.8 Å². The molecule has 1 saturated heterocycles. The summed E-state index contributed by atoms with van der Waals surface area (Å²) in [7, 11) is -3.31. The van der Waals surface area contributed by atoms with E-state index in [1.807, 2.05) is 24.3 Å². The van der Waals surface area contributed by atoms with E-state index in [0.717, 1.165) is 16.6 Å². The zero-order valence-electron chi connectivity index (χ0n) is 15.5. The van der Waals surface area contributed by atoms with Crippen LogP contribution in [0.2, 0.25) is 5.02 Å². The molecule has 2 amide bonds. The van der Waals surface area contributed by atoms with Gasteiger partial charge in [0.2, 0.25) is 5.91 Å². The highest BCUT2D eigenvalue weighted by molar-refractivity contribution is 8.23. The molecule has 30 heavy (non-hydrogen) atoms. The molecule has 1 unspecified atom stereocenters. The van der Waals surface area contributed by atoms with Crippen molar-refractivity contribution in [3.05, 3.63) is 64.4 Å². The number of aromatic nitrogens is 2. The first-order valence-electron chi connectivity index (χ1n) is 9.03. The molecule has 2 atom stereocenters. The summed E-state index contributed by atoms with van der Waals surface area (Å²) in [5.74, 6) is 0.0225. The Morgan fingerprint density at radius 1 is 1.30 bits per heavy atom. The van der Waals surface area contributed by atoms with Crippen LogP contribution in [0.3, 0.4) is 0 Å². The van der Waals surface area contributed by atoms with Crippen molar-refractivity contribution in [2.24, 2.45) is 0 Å². The van der Waals surface area contributed by atoms with Crippen LogP contribution in [0.5, 0.6) is 0 Å². The summed E-state index contributed by atoms with van der Waals surface area (Å²) < 4.78 is 22.4. The average Bonchev–Trinajstić information content (AvgIpc) is 3.20. The lowest BCUT2D eigenvalue weighted by atomic mass is 10.0.